The van der Waals surface area contributed by atoms with E-state index in [0.717, 1.165) is 0 Å². The fourth-order valence-corrected chi connectivity index (χ4v) is 0.0603. The van der Waals surface area contributed by atoms with E-state index in [9.17, 15) is 0 Å². The first-order chi connectivity index (χ1) is 2.21. The van der Waals surface area contributed by atoms with E-state index in [1.165, 1.54) is 6.92 Å². The zero-order valence-electron chi connectivity index (χ0n) is 4.76. The molecule has 1 aliphatic heterocycles. The maximum atomic E-state index is 8.19. The van der Waals surface area contributed by atoms with Gasteiger partial charge in [-0.1, -0.05) is 0 Å². The van der Waals surface area contributed by atoms with Crippen molar-refractivity contribution in [1.29, 1.82) is 0 Å². The van der Waals surface area contributed by atoms with Crippen LogP contribution in [-0.2, 0) is 9.78 Å². The van der Waals surface area contributed by atoms with Gasteiger partial charge in [-0.2, -0.15) is 9.78 Å². The van der Waals surface area contributed by atoms with Gasteiger partial charge in [0, 0.05) is 6.92 Å². The summed E-state index contributed by atoms with van der Waals surface area (Å²) >= 11 is 0. The van der Waals surface area contributed by atoms with E-state index >= 15 is 0 Å². The Balaban J connectivity index is -0.0000000833. The van der Waals surface area contributed by atoms with Crippen molar-refractivity contribution in [2.45, 2.75) is 12.9 Å². The van der Waals surface area contributed by atoms with Gasteiger partial charge in [0.15, 0.2) is 17.4 Å². The Bertz CT molecular complexity index is 55.2. The molecule has 0 aliphatic carbocycles. The third-order valence-corrected chi connectivity index (χ3v) is 0.325. The van der Waals surface area contributed by atoms with Crippen molar-refractivity contribution in [1.82, 2.24) is 0 Å². The molecule has 7 heavy (non-hydrogen) atoms. The summed E-state index contributed by atoms with van der Waals surface area (Å²) in [7, 11) is 0. The molecule has 1 rings (SSSR count). The average molecular weight is 146 g/mol. The molecule has 3 nitrogen and oxygen atoms in total. The molecule has 0 spiro atoms. The molecule has 5 heteroatoms. The van der Waals surface area contributed by atoms with E-state index in [0.29, 0.717) is 0 Å². The van der Waals surface area contributed by atoms with E-state index < -0.39 is 5.97 Å². The quantitative estimate of drug-likeness (QED) is 0.213. The van der Waals surface area contributed by atoms with Crippen LogP contribution in [0.3, 0.4) is 0 Å². The minimum Gasteiger partial charge on any atom is -1.00 e. The molecule has 0 amide bonds. The molecule has 0 radical (unpaired) electrons. The van der Waals surface area contributed by atoms with E-state index in [4.69, 9.17) is 5.11 Å². The van der Waals surface area contributed by atoms with E-state index in [1.54, 1.807) is 0 Å². The van der Waals surface area contributed by atoms with Crippen LogP contribution in [0.15, 0.2) is 0 Å². The molecule has 0 aromatic rings. The van der Waals surface area contributed by atoms with Crippen molar-refractivity contribution in [3.63, 3.8) is 0 Å². The molecule has 1 saturated heterocycles. The van der Waals surface area contributed by atoms with Gasteiger partial charge in [-0.05, 0) is 0 Å². The first-order valence-electron chi connectivity index (χ1n) is 1.30. The van der Waals surface area contributed by atoms with Crippen LogP contribution in [0.25, 0.3) is 0 Å². The summed E-state index contributed by atoms with van der Waals surface area (Å²) < 4.78 is 0. The average Bonchev–Trinajstić information content (AvgIpc) is 1.76. The number of rotatable bonds is 0. The summed E-state index contributed by atoms with van der Waals surface area (Å²) in [5.74, 6) is -1.25. The third kappa shape index (κ3) is 5.93. The normalized spacial score (nSPS) is 21.4. The Morgan fingerprint density at radius 1 is 1.57 bits per heavy atom. The van der Waals surface area contributed by atoms with Gasteiger partial charge in [0.05, 0.1) is 0 Å². The number of aliphatic hydroxyl groups is 1. The second kappa shape index (κ2) is 3.96. The summed E-state index contributed by atoms with van der Waals surface area (Å²) in [5.41, 5.74) is 0. The minimum atomic E-state index is -1.25. The Hall–Kier alpha value is 2.05. The van der Waals surface area contributed by atoms with Gasteiger partial charge in [-0.15, -0.1) is 0 Å². The largest absolute Gasteiger partial charge is 1.00 e. The molecule has 0 atom stereocenters. The second-order valence-electron chi connectivity index (χ2n) is 1.06. The number of hydrogen-bond donors (Lipinski definition) is 1. The van der Waals surface area contributed by atoms with Crippen molar-refractivity contribution in [2.24, 2.45) is 0 Å². The van der Waals surface area contributed by atoms with E-state index in [-0.39, 0.29) is 70.2 Å². The molecule has 0 aromatic heterocycles. The van der Waals surface area contributed by atoms with Crippen LogP contribution in [0, 0.1) is 0 Å². The summed E-state index contributed by atoms with van der Waals surface area (Å²) in [6.45, 7) is 1.41. The van der Waals surface area contributed by atoms with Gasteiger partial charge >= 0.3 is 57.4 Å². The molecule has 0 saturated carbocycles. The van der Waals surface area contributed by atoms with E-state index in [2.05, 4.69) is 9.78 Å². The summed E-state index contributed by atoms with van der Waals surface area (Å²) in [5, 5.41) is 8.19. The van der Waals surface area contributed by atoms with Crippen molar-refractivity contribution in [3.8, 4) is 0 Å². The van der Waals surface area contributed by atoms with E-state index in [1.807, 2.05) is 0 Å². The van der Waals surface area contributed by atoms with Gasteiger partial charge in [-0.3, -0.25) is 0 Å². The van der Waals surface area contributed by atoms with Crippen LogP contribution in [-0.4, -0.2) is 28.4 Å². The second-order valence-corrected chi connectivity index (χ2v) is 1.06. The molecule has 1 heterocycles. The topological polar surface area (TPSA) is 45.3 Å². The molecule has 0 unspecified atom stereocenters. The predicted octanol–water partition coefficient (Wildman–Crippen LogP) is -4.45. The van der Waals surface area contributed by atoms with Gasteiger partial charge in [0.25, 0.3) is 0 Å². The van der Waals surface area contributed by atoms with Gasteiger partial charge in [0.1, 0.15) is 0 Å². The monoisotopic (exact) mass is 146 g/mol. The zero-order chi connectivity index (χ0) is 3.91. The Morgan fingerprint density at radius 2 is 1.71 bits per heavy atom. The predicted molar refractivity (Wildman–Crippen MR) is 23.8 cm³/mol. The van der Waals surface area contributed by atoms with Gasteiger partial charge in [0.2, 0.25) is 0 Å². The number of hydrogen-bond acceptors (Lipinski definition) is 3. The van der Waals surface area contributed by atoms with Crippen LogP contribution in [0.2, 0.25) is 0 Å². The van der Waals surface area contributed by atoms with Gasteiger partial charge in [-0.25, -0.2) is 0 Å². The Labute approximate surface area is 96.3 Å². The van der Waals surface area contributed by atoms with Crippen LogP contribution >= 0.6 is 0 Å². The van der Waals surface area contributed by atoms with Crippen molar-refractivity contribution >= 4 is 17.4 Å². The molecular weight excluding hydrogens is 138 g/mol. The minimum absolute atomic E-state index is 0. The first kappa shape index (κ1) is 11.8. The molecule has 0 bridgehead atoms. The Morgan fingerprint density at radius 3 is 1.71 bits per heavy atom. The zero-order valence-corrected chi connectivity index (χ0v) is 6.89. The summed E-state index contributed by atoms with van der Waals surface area (Å²) in [4.78, 5) is 7.90. The van der Waals surface area contributed by atoms with Crippen molar-refractivity contribution in [3.05, 3.63) is 0 Å². The first-order valence-corrected chi connectivity index (χ1v) is 1.30. The SMILES string of the molecule is CC1(O)OO1.[AlH3].[H-].[K+]. The van der Waals surface area contributed by atoms with Crippen LogP contribution in [0.1, 0.15) is 8.35 Å². The molecular formula is C2H8AlKO3. The molecule has 38 valence electrons. The maximum Gasteiger partial charge on any atom is 1.00 e. The third-order valence-electron chi connectivity index (χ3n) is 0.325. The summed E-state index contributed by atoms with van der Waals surface area (Å²) in [6.07, 6.45) is 0. The van der Waals surface area contributed by atoms with Crippen LogP contribution in [0.4, 0.5) is 0 Å². The fraction of sp³-hybridized carbons (Fsp3) is 1.00. The maximum absolute atomic E-state index is 8.19. The van der Waals surface area contributed by atoms with Crippen molar-refractivity contribution < 1.29 is 67.7 Å². The Kier molecular flexibility index (Phi) is 6.68. The van der Waals surface area contributed by atoms with Crippen LogP contribution in [0.5, 0.6) is 0 Å². The molecule has 1 N–H and O–H groups in total. The van der Waals surface area contributed by atoms with Gasteiger partial charge < -0.3 is 6.53 Å². The van der Waals surface area contributed by atoms with Crippen LogP contribution < -0.4 is 51.4 Å². The fourth-order valence-electron chi connectivity index (χ4n) is 0.0603. The standard InChI is InChI=1S/C2H4O3.Al.K.4H/c1-2(3)4-5-2;;;;;;/h3H,1H3;;;;;;/q;;+1;;;;-1. The molecule has 1 fully saturated rings. The molecule has 1 aliphatic rings. The molecule has 0 aromatic carbocycles. The summed E-state index contributed by atoms with van der Waals surface area (Å²) in [6, 6.07) is 0. The smallest absolute Gasteiger partial charge is 1.00 e. The van der Waals surface area contributed by atoms with Crippen molar-refractivity contribution in [2.75, 3.05) is 0 Å².